The van der Waals surface area contributed by atoms with Crippen molar-refractivity contribution in [1.82, 2.24) is 23.9 Å². The van der Waals surface area contributed by atoms with Gasteiger partial charge in [0.25, 0.3) is 0 Å². The van der Waals surface area contributed by atoms with Gasteiger partial charge in [-0.2, -0.15) is 0 Å². The summed E-state index contributed by atoms with van der Waals surface area (Å²) in [6.07, 6.45) is 6.21. The second-order valence-corrected chi connectivity index (χ2v) is 14.1. The molecule has 0 spiro atoms. The summed E-state index contributed by atoms with van der Waals surface area (Å²) in [4.78, 5) is 15.6. The first-order chi connectivity index (χ1) is 22.4. The molecule has 0 aliphatic heterocycles. The quantitative estimate of drug-likeness (QED) is 0.191. The van der Waals surface area contributed by atoms with Crippen LogP contribution in [0.5, 0.6) is 0 Å². The van der Waals surface area contributed by atoms with Crippen LogP contribution in [0.2, 0.25) is 0 Å². The summed E-state index contributed by atoms with van der Waals surface area (Å²) < 4.78 is 4.71. The number of fused-ring (bicyclic) bond motifs is 16. The Labute approximate surface area is 265 Å². The van der Waals surface area contributed by atoms with Gasteiger partial charge in [0.2, 0.25) is 0 Å². The first kappa shape index (κ1) is 24.7. The minimum absolute atomic E-state index is 0.184. The molecule has 11 rings (SSSR count). The van der Waals surface area contributed by atoms with Gasteiger partial charge in [-0.05, 0) is 40.5 Å². The van der Waals surface area contributed by atoms with E-state index in [1.54, 1.807) is 0 Å². The highest BCUT2D eigenvalue weighted by molar-refractivity contribution is 6.34. The molecule has 0 bridgehead atoms. The molecule has 0 unspecified atom stereocenters. The Morgan fingerprint density at radius 2 is 1.13 bits per heavy atom. The minimum atomic E-state index is -0.204. The molecule has 5 nitrogen and oxygen atoms in total. The maximum Gasteiger partial charge on any atom is 0.100 e. The summed E-state index contributed by atoms with van der Waals surface area (Å²) in [6.45, 7) is 9.21. The van der Waals surface area contributed by atoms with E-state index < -0.39 is 0 Å². The van der Waals surface area contributed by atoms with E-state index in [1.807, 2.05) is 6.33 Å². The average Bonchev–Trinajstić information content (AvgIpc) is 3.84. The number of rotatable bonds is 1. The second kappa shape index (κ2) is 7.80. The zero-order valence-corrected chi connectivity index (χ0v) is 26.1. The number of pyridine rings is 2. The van der Waals surface area contributed by atoms with Crippen molar-refractivity contribution < 1.29 is 0 Å². The van der Waals surface area contributed by atoms with E-state index in [-0.39, 0.29) is 10.8 Å². The fraction of sp³-hybridized carbons (Fsp3) is 0.146. The third-order valence-corrected chi connectivity index (χ3v) is 11.1. The molecule has 4 aromatic carbocycles. The Morgan fingerprint density at radius 3 is 1.78 bits per heavy atom. The van der Waals surface area contributed by atoms with Gasteiger partial charge < -0.3 is 4.40 Å². The van der Waals surface area contributed by atoms with E-state index in [4.69, 9.17) is 15.0 Å². The molecular formula is C41H29N5. The van der Waals surface area contributed by atoms with Crippen molar-refractivity contribution >= 4 is 49.1 Å². The van der Waals surface area contributed by atoms with Gasteiger partial charge >= 0.3 is 0 Å². The highest BCUT2D eigenvalue weighted by atomic mass is 15.1. The summed E-state index contributed by atoms with van der Waals surface area (Å²) >= 11 is 0. The molecule has 5 aromatic heterocycles. The fourth-order valence-corrected chi connectivity index (χ4v) is 9.07. The van der Waals surface area contributed by atoms with Gasteiger partial charge in [-0.3, -0.25) is 14.5 Å². The Bertz CT molecular complexity index is 2800. The summed E-state index contributed by atoms with van der Waals surface area (Å²) in [5.74, 6) is 0. The molecule has 0 fully saturated rings. The first-order valence-corrected chi connectivity index (χ1v) is 16.0. The summed E-state index contributed by atoms with van der Waals surface area (Å²) in [7, 11) is 0. The van der Waals surface area contributed by atoms with E-state index in [2.05, 4.69) is 134 Å². The van der Waals surface area contributed by atoms with Crippen LogP contribution in [0.15, 0.2) is 104 Å². The molecule has 0 atom stereocenters. The van der Waals surface area contributed by atoms with Crippen molar-refractivity contribution in [3.05, 3.63) is 126 Å². The Hall–Kier alpha value is -5.55. The lowest BCUT2D eigenvalue weighted by molar-refractivity contribution is 0.637. The minimum Gasteiger partial charge on any atom is -0.305 e. The lowest BCUT2D eigenvalue weighted by Crippen LogP contribution is -2.16. The van der Waals surface area contributed by atoms with Gasteiger partial charge in [-0.25, -0.2) is 4.98 Å². The van der Waals surface area contributed by atoms with E-state index in [9.17, 15) is 0 Å². The van der Waals surface area contributed by atoms with Crippen LogP contribution in [0.4, 0.5) is 0 Å². The largest absolute Gasteiger partial charge is 0.305 e. The molecule has 218 valence electrons. The van der Waals surface area contributed by atoms with Crippen molar-refractivity contribution in [2.45, 2.75) is 38.5 Å². The second-order valence-electron chi connectivity index (χ2n) is 14.1. The van der Waals surface area contributed by atoms with Gasteiger partial charge in [-0.15, -0.1) is 0 Å². The number of aromatic nitrogens is 5. The molecule has 0 saturated carbocycles. The van der Waals surface area contributed by atoms with E-state index in [0.717, 1.165) is 39.1 Å². The van der Waals surface area contributed by atoms with Gasteiger partial charge in [-0.1, -0.05) is 94.4 Å². The number of hydrogen-bond donors (Lipinski definition) is 0. The molecule has 5 heterocycles. The Kier molecular flexibility index (Phi) is 4.20. The van der Waals surface area contributed by atoms with Gasteiger partial charge in [0.05, 0.1) is 51.4 Å². The Balaban J connectivity index is 1.43. The zero-order chi connectivity index (χ0) is 30.7. The van der Waals surface area contributed by atoms with Crippen molar-refractivity contribution in [3.8, 4) is 27.9 Å². The van der Waals surface area contributed by atoms with Crippen LogP contribution in [-0.4, -0.2) is 23.9 Å². The molecule has 0 N–H and O–H groups in total. The molecular weight excluding hydrogens is 562 g/mol. The predicted octanol–water partition coefficient (Wildman–Crippen LogP) is 9.58. The number of imidazole rings is 1. The molecule has 9 aromatic rings. The van der Waals surface area contributed by atoms with E-state index >= 15 is 0 Å². The third kappa shape index (κ3) is 2.62. The molecule has 2 aliphatic rings. The lowest BCUT2D eigenvalue weighted by Gasteiger charge is -2.20. The normalized spacial score (nSPS) is 15.7. The molecule has 0 radical (unpaired) electrons. The average molecular weight is 592 g/mol. The maximum atomic E-state index is 5.27. The van der Waals surface area contributed by atoms with Crippen molar-refractivity contribution in [3.63, 3.8) is 0 Å². The maximum absolute atomic E-state index is 5.27. The van der Waals surface area contributed by atoms with E-state index in [1.165, 1.54) is 60.4 Å². The van der Waals surface area contributed by atoms with Crippen LogP contribution < -0.4 is 0 Å². The third-order valence-electron chi connectivity index (χ3n) is 11.1. The summed E-state index contributed by atoms with van der Waals surface area (Å²) in [5, 5.41) is 4.94. The molecule has 0 saturated heterocycles. The molecule has 46 heavy (non-hydrogen) atoms. The number of benzene rings is 4. The number of nitrogens with zero attached hydrogens (tertiary/aromatic N) is 5. The van der Waals surface area contributed by atoms with Crippen LogP contribution in [0, 0.1) is 0 Å². The van der Waals surface area contributed by atoms with Gasteiger partial charge in [0, 0.05) is 49.2 Å². The Morgan fingerprint density at radius 1 is 0.565 bits per heavy atom. The monoisotopic (exact) mass is 591 g/mol. The van der Waals surface area contributed by atoms with E-state index in [0.29, 0.717) is 0 Å². The fourth-order valence-electron chi connectivity index (χ4n) is 9.07. The van der Waals surface area contributed by atoms with Crippen LogP contribution in [-0.2, 0) is 10.8 Å². The number of para-hydroxylation sites is 1. The van der Waals surface area contributed by atoms with Gasteiger partial charge in [0.1, 0.15) is 6.33 Å². The predicted molar refractivity (Wildman–Crippen MR) is 186 cm³/mol. The van der Waals surface area contributed by atoms with Gasteiger partial charge in [0.15, 0.2) is 0 Å². The smallest absolute Gasteiger partial charge is 0.100 e. The molecule has 0 amide bonds. The summed E-state index contributed by atoms with van der Waals surface area (Å²) in [5.41, 5.74) is 16.2. The van der Waals surface area contributed by atoms with Crippen molar-refractivity contribution in [2.24, 2.45) is 0 Å². The van der Waals surface area contributed by atoms with Crippen LogP contribution in [0.3, 0.4) is 0 Å². The highest BCUT2D eigenvalue weighted by Crippen LogP contribution is 2.56. The molecule has 5 heteroatoms. The lowest BCUT2D eigenvalue weighted by atomic mass is 9.85. The SMILES string of the molecule is CC1(C)c2ccccc2-c2c1ncc1c2c2cc3ncn(-c4ccccc4)c3c3c4c5c(ncc4n1c23)C(C)(C)c1ccccc1-5. The van der Waals surface area contributed by atoms with Crippen LogP contribution >= 0.6 is 0 Å². The highest BCUT2D eigenvalue weighted by Gasteiger charge is 2.41. The van der Waals surface area contributed by atoms with Crippen molar-refractivity contribution in [1.29, 1.82) is 0 Å². The number of hydrogen-bond acceptors (Lipinski definition) is 3. The first-order valence-electron chi connectivity index (χ1n) is 16.0. The van der Waals surface area contributed by atoms with Crippen LogP contribution in [0.1, 0.15) is 50.2 Å². The van der Waals surface area contributed by atoms with Crippen LogP contribution in [0.25, 0.3) is 77.1 Å². The standard InChI is InChI=1S/C41H29N5/c1-40(2)26-16-10-8-14-23(26)32-31-25-18-28-37(45(21-44-28)22-12-6-5-7-13-22)35-34-30(46(36(25)35)29(31)19-42-38(32)40)20-43-39-33(34)24-15-9-11-17-27(24)41(39,3)4/h5-21H,1-4H3. The molecule has 2 aliphatic carbocycles. The zero-order valence-electron chi connectivity index (χ0n) is 26.1. The summed E-state index contributed by atoms with van der Waals surface area (Å²) in [6, 6.07) is 30.6. The van der Waals surface area contributed by atoms with Crippen molar-refractivity contribution in [2.75, 3.05) is 0 Å². The topological polar surface area (TPSA) is 48.0 Å².